The molecule has 1 atom stereocenters. The molecule has 5 heteroatoms. The molecule has 18 heavy (non-hydrogen) atoms. The molecule has 1 fully saturated rings. The van der Waals surface area contributed by atoms with Crippen LogP contribution in [0, 0.1) is 0 Å². The highest BCUT2D eigenvalue weighted by molar-refractivity contribution is 7.10. The van der Waals surface area contributed by atoms with Gasteiger partial charge in [0.05, 0.1) is 0 Å². The number of nitrogens with zero attached hydrogens (tertiary/aromatic N) is 2. The summed E-state index contributed by atoms with van der Waals surface area (Å²) in [4.78, 5) is 6.05. The fourth-order valence-electron chi connectivity index (χ4n) is 2.48. The van der Waals surface area contributed by atoms with E-state index < -0.39 is 0 Å². The lowest BCUT2D eigenvalue weighted by atomic mass is 10.0. The Morgan fingerprint density at radius 1 is 1.50 bits per heavy atom. The van der Waals surface area contributed by atoms with Gasteiger partial charge in [0.1, 0.15) is 6.04 Å². The number of thiophene rings is 1. The fraction of sp³-hybridized carbons (Fsp3) is 0.538. The Balaban J connectivity index is 1.70. The van der Waals surface area contributed by atoms with Crippen LogP contribution >= 0.6 is 11.3 Å². The molecule has 0 saturated heterocycles. The maximum absolute atomic E-state index is 5.48. The molecule has 0 aromatic carbocycles. The third kappa shape index (κ3) is 1.54. The van der Waals surface area contributed by atoms with E-state index in [-0.39, 0.29) is 11.5 Å². The van der Waals surface area contributed by atoms with Crippen LogP contribution in [0.2, 0.25) is 0 Å². The molecule has 0 bridgehead atoms. The van der Waals surface area contributed by atoms with E-state index in [0.29, 0.717) is 0 Å². The molecular weight excluding hydrogens is 246 g/mol. The van der Waals surface area contributed by atoms with Crippen molar-refractivity contribution in [2.24, 2.45) is 0 Å². The molecule has 2 aliphatic rings. The monoisotopic (exact) mass is 261 g/mol. The van der Waals surface area contributed by atoms with Crippen LogP contribution in [0.5, 0.6) is 0 Å². The van der Waals surface area contributed by atoms with Gasteiger partial charge in [-0.1, -0.05) is 12.1 Å². The summed E-state index contributed by atoms with van der Waals surface area (Å²) in [6.07, 6.45) is 3.45. The molecule has 4 rings (SSSR count). The molecule has 1 aliphatic carbocycles. The number of hydrogen-bond acceptors (Lipinski definition) is 5. The zero-order chi connectivity index (χ0) is 12.2. The first-order chi connectivity index (χ1) is 8.76. The van der Waals surface area contributed by atoms with Crippen LogP contribution in [-0.2, 0) is 11.8 Å². The second-order valence-corrected chi connectivity index (χ2v) is 6.45. The van der Waals surface area contributed by atoms with Crippen LogP contribution in [0.1, 0.15) is 48.0 Å². The maximum atomic E-state index is 5.48. The minimum Gasteiger partial charge on any atom is -0.337 e. The Hall–Kier alpha value is -1.20. The van der Waals surface area contributed by atoms with Crippen molar-refractivity contribution in [3.63, 3.8) is 0 Å². The molecule has 3 heterocycles. The van der Waals surface area contributed by atoms with Gasteiger partial charge in [0.25, 0.3) is 0 Å². The molecular formula is C13H15N3OS. The number of fused-ring (bicyclic) bond motifs is 1. The van der Waals surface area contributed by atoms with Gasteiger partial charge in [0.15, 0.2) is 5.82 Å². The van der Waals surface area contributed by atoms with E-state index in [4.69, 9.17) is 4.52 Å². The first-order valence-electron chi connectivity index (χ1n) is 6.40. The van der Waals surface area contributed by atoms with Gasteiger partial charge in [0.2, 0.25) is 5.89 Å². The fourth-order valence-corrected chi connectivity index (χ4v) is 3.40. The van der Waals surface area contributed by atoms with Gasteiger partial charge in [0, 0.05) is 16.8 Å². The van der Waals surface area contributed by atoms with E-state index in [1.165, 1.54) is 23.3 Å². The van der Waals surface area contributed by atoms with Crippen molar-refractivity contribution in [2.45, 2.75) is 37.6 Å². The van der Waals surface area contributed by atoms with Gasteiger partial charge >= 0.3 is 0 Å². The highest BCUT2D eigenvalue weighted by Crippen LogP contribution is 2.46. The Labute approximate surface area is 109 Å². The average molecular weight is 261 g/mol. The minimum atomic E-state index is 0.0867. The summed E-state index contributed by atoms with van der Waals surface area (Å²) in [6, 6.07) is 2.25. The first-order valence-corrected chi connectivity index (χ1v) is 7.28. The minimum absolute atomic E-state index is 0.0867. The van der Waals surface area contributed by atoms with Gasteiger partial charge in [-0.15, -0.1) is 11.3 Å². The highest BCUT2D eigenvalue weighted by Gasteiger charge is 2.44. The lowest BCUT2D eigenvalue weighted by Gasteiger charge is -2.20. The van der Waals surface area contributed by atoms with Crippen LogP contribution in [-0.4, -0.2) is 16.7 Å². The van der Waals surface area contributed by atoms with E-state index >= 15 is 0 Å². The van der Waals surface area contributed by atoms with Crippen molar-refractivity contribution in [3.8, 4) is 0 Å². The number of nitrogens with one attached hydrogen (secondary N) is 1. The molecule has 0 spiro atoms. The standard InChI is InChI=1S/C13H15N3OS/c1-13(4-5-13)12-15-11(17-16-12)10-8-3-7-18-9(8)2-6-14-10/h3,7,10,14H,2,4-6H2,1H3. The molecule has 2 aromatic heterocycles. The summed E-state index contributed by atoms with van der Waals surface area (Å²) < 4.78 is 5.48. The molecule has 0 radical (unpaired) electrons. The Bertz CT molecular complexity index is 585. The zero-order valence-corrected chi connectivity index (χ0v) is 11.1. The van der Waals surface area contributed by atoms with Gasteiger partial charge in [-0.05, 0) is 36.3 Å². The highest BCUT2D eigenvalue weighted by atomic mass is 32.1. The summed E-state index contributed by atoms with van der Waals surface area (Å²) in [7, 11) is 0. The normalized spacial score (nSPS) is 24.8. The molecule has 1 N–H and O–H groups in total. The summed E-state index contributed by atoms with van der Waals surface area (Å²) in [5, 5.41) is 9.78. The quantitative estimate of drug-likeness (QED) is 0.902. The first kappa shape index (κ1) is 10.7. The van der Waals surface area contributed by atoms with Crippen LogP contribution in [0.25, 0.3) is 0 Å². The molecule has 1 aliphatic heterocycles. The largest absolute Gasteiger partial charge is 0.337 e. The predicted molar refractivity (Wildman–Crippen MR) is 68.8 cm³/mol. The summed E-state index contributed by atoms with van der Waals surface area (Å²) >= 11 is 1.82. The Morgan fingerprint density at radius 2 is 2.39 bits per heavy atom. The maximum Gasteiger partial charge on any atom is 0.248 e. The molecule has 2 aromatic rings. The van der Waals surface area contributed by atoms with Crippen LogP contribution in [0.15, 0.2) is 16.0 Å². The summed E-state index contributed by atoms with van der Waals surface area (Å²) in [6.45, 7) is 3.18. The van der Waals surface area contributed by atoms with Gasteiger partial charge < -0.3 is 9.84 Å². The van der Waals surface area contributed by atoms with Gasteiger partial charge in [-0.3, -0.25) is 0 Å². The number of aromatic nitrogens is 2. The van der Waals surface area contributed by atoms with Crippen LogP contribution in [0.4, 0.5) is 0 Å². The van der Waals surface area contributed by atoms with E-state index in [1.54, 1.807) is 0 Å². The second-order valence-electron chi connectivity index (χ2n) is 5.45. The predicted octanol–water partition coefficient (Wildman–Crippen LogP) is 2.42. The van der Waals surface area contributed by atoms with Gasteiger partial charge in [-0.2, -0.15) is 4.98 Å². The van der Waals surface area contributed by atoms with Crippen molar-refractivity contribution in [1.29, 1.82) is 0 Å². The lowest BCUT2D eigenvalue weighted by molar-refractivity contribution is 0.339. The zero-order valence-electron chi connectivity index (χ0n) is 10.3. The second kappa shape index (κ2) is 3.65. The summed E-state index contributed by atoms with van der Waals surface area (Å²) in [5.74, 6) is 1.60. The third-order valence-corrected chi connectivity index (χ3v) is 5.02. The van der Waals surface area contributed by atoms with Gasteiger partial charge in [-0.25, -0.2) is 0 Å². The van der Waals surface area contributed by atoms with E-state index in [1.807, 2.05) is 11.3 Å². The van der Waals surface area contributed by atoms with E-state index in [2.05, 4.69) is 33.8 Å². The van der Waals surface area contributed by atoms with E-state index in [9.17, 15) is 0 Å². The Morgan fingerprint density at radius 3 is 3.22 bits per heavy atom. The molecule has 4 nitrogen and oxygen atoms in total. The van der Waals surface area contributed by atoms with E-state index in [0.717, 1.165) is 24.7 Å². The summed E-state index contributed by atoms with van der Waals surface area (Å²) in [5.41, 5.74) is 1.48. The number of hydrogen-bond donors (Lipinski definition) is 1. The molecule has 0 amide bonds. The smallest absolute Gasteiger partial charge is 0.248 e. The van der Waals surface area contributed by atoms with Crippen molar-refractivity contribution >= 4 is 11.3 Å². The third-order valence-electron chi connectivity index (χ3n) is 4.02. The van der Waals surface area contributed by atoms with Crippen LogP contribution in [0.3, 0.4) is 0 Å². The van der Waals surface area contributed by atoms with Crippen molar-refractivity contribution < 1.29 is 4.52 Å². The Kier molecular flexibility index (Phi) is 2.17. The topological polar surface area (TPSA) is 51.0 Å². The number of rotatable bonds is 2. The molecule has 1 unspecified atom stereocenters. The molecule has 1 saturated carbocycles. The lowest BCUT2D eigenvalue weighted by Crippen LogP contribution is -2.29. The van der Waals surface area contributed by atoms with Crippen LogP contribution < -0.4 is 5.32 Å². The average Bonchev–Trinajstić information content (AvgIpc) is 2.89. The van der Waals surface area contributed by atoms with Crippen molar-refractivity contribution in [1.82, 2.24) is 15.5 Å². The molecule has 94 valence electrons. The van der Waals surface area contributed by atoms with Crippen molar-refractivity contribution in [2.75, 3.05) is 6.54 Å². The SMILES string of the molecule is CC1(c2noc(C3NCCc4sccc43)n2)CC1. The van der Waals surface area contributed by atoms with Crippen molar-refractivity contribution in [3.05, 3.63) is 33.6 Å².